The van der Waals surface area contributed by atoms with Crippen LogP contribution in [0, 0.1) is 5.92 Å². The molecule has 11 heteroatoms. The molecule has 34 heavy (non-hydrogen) atoms. The lowest BCUT2D eigenvalue weighted by atomic mass is 10.1. The van der Waals surface area contributed by atoms with E-state index in [1.54, 1.807) is 6.92 Å². The molecule has 2 aliphatic rings. The third-order valence-electron chi connectivity index (χ3n) is 6.09. The number of aromatic nitrogens is 3. The molecule has 1 saturated heterocycles. The fraction of sp³-hybridized carbons (Fsp3) is 0.565. The fourth-order valence-electron chi connectivity index (χ4n) is 4.11. The Morgan fingerprint density at radius 2 is 1.94 bits per heavy atom. The molecule has 1 saturated carbocycles. The van der Waals surface area contributed by atoms with Crippen LogP contribution >= 0.6 is 0 Å². The SMILES string of the molecule is CC(=Cc1cnn2c(O)c(C(=O)NC3CC3)c(=O)n(CC(C)C)c12)C(=O)N1CCC(F)(F)CC1. The summed E-state index contributed by atoms with van der Waals surface area (Å²) in [4.78, 5) is 40.2. The molecule has 0 atom stereocenters. The molecule has 2 aromatic heterocycles. The lowest BCUT2D eigenvalue weighted by Gasteiger charge is -2.31. The molecule has 2 N–H and O–H groups in total. The van der Waals surface area contributed by atoms with Gasteiger partial charge in [-0.2, -0.15) is 9.61 Å². The van der Waals surface area contributed by atoms with E-state index in [-0.39, 0.29) is 61.6 Å². The molecule has 2 aromatic rings. The van der Waals surface area contributed by atoms with Crippen molar-refractivity contribution in [3.05, 3.63) is 33.3 Å². The van der Waals surface area contributed by atoms with Gasteiger partial charge in [0.1, 0.15) is 5.65 Å². The van der Waals surface area contributed by atoms with Gasteiger partial charge < -0.3 is 15.3 Å². The molecule has 0 aromatic carbocycles. The molecule has 3 heterocycles. The van der Waals surface area contributed by atoms with Crippen molar-refractivity contribution in [2.75, 3.05) is 13.1 Å². The summed E-state index contributed by atoms with van der Waals surface area (Å²) in [6.07, 6.45) is 3.82. The first-order chi connectivity index (χ1) is 16.0. The molecule has 1 aliphatic carbocycles. The number of aromatic hydroxyl groups is 1. The number of nitrogens with one attached hydrogen (secondary N) is 1. The van der Waals surface area contributed by atoms with Crippen molar-refractivity contribution >= 4 is 23.5 Å². The summed E-state index contributed by atoms with van der Waals surface area (Å²) >= 11 is 0. The highest BCUT2D eigenvalue weighted by molar-refractivity contribution is 5.99. The molecule has 184 valence electrons. The molecule has 0 spiro atoms. The first-order valence-electron chi connectivity index (χ1n) is 11.5. The Bertz CT molecular complexity index is 1220. The maximum Gasteiger partial charge on any atom is 0.270 e. The van der Waals surface area contributed by atoms with E-state index in [9.17, 15) is 28.3 Å². The van der Waals surface area contributed by atoms with E-state index >= 15 is 0 Å². The van der Waals surface area contributed by atoms with Crippen molar-refractivity contribution in [1.29, 1.82) is 0 Å². The number of carbonyl (C=O) groups is 2. The monoisotopic (exact) mass is 477 g/mol. The van der Waals surface area contributed by atoms with Crippen LogP contribution in [0.4, 0.5) is 8.78 Å². The summed E-state index contributed by atoms with van der Waals surface area (Å²) < 4.78 is 29.4. The molecule has 4 rings (SSSR count). The van der Waals surface area contributed by atoms with Gasteiger partial charge in [-0.3, -0.25) is 19.0 Å². The van der Waals surface area contributed by atoms with Crippen molar-refractivity contribution in [3.8, 4) is 5.88 Å². The second kappa shape index (κ2) is 8.84. The number of piperidine rings is 1. The van der Waals surface area contributed by atoms with Gasteiger partial charge in [-0.15, -0.1) is 0 Å². The number of carbonyl (C=O) groups excluding carboxylic acids is 2. The zero-order valence-corrected chi connectivity index (χ0v) is 19.5. The minimum absolute atomic E-state index is 0.0000562. The first-order valence-corrected chi connectivity index (χ1v) is 11.5. The zero-order valence-electron chi connectivity index (χ0n) is 19.5. The predicted octanol–water partition coefficient (Wildman–Crippen LogP) is 2.41. The Labute approximate surface area is 195 Å². The summed E-state index contributed by atoms with van der Waals surface area (Å²) in [6, 6.07) is 0.0000562. The van der Waals surface area contributed by atoms with Crippen molar-refractivity contribution in [2.45, 2.75) is 65.0 Å². The quantitative estimate of drug-likeness (QED) is 0.621. The second-order valence-corrected chi connectivity index (χ2v) is 9.57. The van der Waals surface area contributed by atoms with Gasteiger partial charge in [0.25, 0.3) is 17.4 Å². The van der Waals surface area contributed by atoms with E-state index in [1.807, 2.05) is 13.8 Å². The molecule has 2 fully saturated rings. The summed E-state index contributed by atoms with van der Waals surface area (Å²) in [5.74, 6) is -4.32. The van der Waals surface area contributed by atoms with Gasteiger partial charge in [-0.25, -0.2) is 8.78 Å². The Morgan fingerprint density at radius 1 is 1.29 bits per heavy atom. The normalized spacial score (nSPS) is 18.5. The predicted molar refractivity (Wildman–Crippen MR) is 121 cm³/mol. The number of amides is 2. The van der Waals surface area contributed by atoms with Crippen LogP contribution < -0.4 is 10.9 Å². The molecule has 9 nitrogen and oxygen atoms in total. The van der Waals surface area contributed by atoms with E-state index in [2.05, 4.69) is 10.4 Å². The molecule has 0 unspecified atom stereocenters. The number of rotatable bonds is 6. The van der Waals surface area contributed by atoms with Gasteiger partial charge in [0, 0.05) is 49.7 Å². The number of fused-ring (bicyclic) bond motifs is 1. The van der Waals surface area contributed by atoms with Crippen LogP contribution in [0.5, 0.6) is 5.88 Å². The third kappa shape index (κ3) is 4.69. The van der Waals surface area contributed by atoms with Crippen LogP contribution in [0.15, 0.2) is 16.6 Å². The van der Waals surface area contributed by atoms with Gasteiger partial charge in [-0.1, -0.05) is 13.8 Å². The maximum atomic E-state index is 13.5. The summed E-state index contributed by atoms with van der Waals surface area (Å²) in [7, 11) is 0. The van der Waals surface area contributed by atoms with Crippen molar-refractivity contribution in [2.24, 2.45) is 5.92 Å². The standard InChI is InChI=1S/C23H29F2N5O4/c1-13(2)12-29-19-15(10-14(3)20(32)28-8-6-23(24,25)7-9-28)11-26-30(19)22(34)17(21(29)33)18(31)27-16-4-5-16/h10-11,13,16,34H,4-9,12H2,1-3H3,(H,27,31). The minimum Gasteiger partial charge on any atom is -0.492 e. The number of nitrogens with zero attached hydrogens (tertiary/aromatic N) is 4. The Balaban J connectivity index is 1.74. The van der Waals surface area contributed by atoms with Gasteiger partial charge in [0.15, 0.2) is 5.56 Å². The van der Waals surface area contributed by atoms with E-state index < -0.39 is 23.3 Å². The van der Waals surface area contributed by atoms with E-state index in [0.717, 1.165) is 17.4 Å². The average Bonchev–Trinajstić information content (AvgIpc) is 3.47. The van der Waals surface area contributed by atoms with E-state index in [1.165, 1.54) is 21.7 Å². The molecule has 1 aliphatic heterocycles. The van der Waals surface area contributed by atoms with Gasteiger partial charge >= 0.3 is 0 Å². The van der Waals surface area contributed by atoms with Gasteiger partial charge in [-0.05, 0) is 31.8 Å². The van der Waals surface area contributed by atoms with E-state index in [4.69, 9.17) is 0 Å². The molecular weight excluding hydrogens is 448 g/mol. The second-order valence-electron chi connectivity index (χ2n) is 9.57. The van der Waals surface area contributed by atoms with Crippen molar-refractivity contribution in [3.63, 3.8) is 0 Å². The Kier molecular flexibility index (Phi) is 6.22. The number of hydrogen-bond donors (Lipinski definition) is 2. The molecule has 0 bridgehead atoms. The van der Waals surface area contributed by atoms with Crippen molar-refractivity contribution in [1.82, 2.24) is 24.4 Å². The zero-order chi connectivity index (χ0) is 24.8. The highest BCUT2D eigenvalue weighted by Crippen LogP contribution is 2.29. The van der Waals surface area contributed by atoms with Crippen LogP contribution in [-0.4, -0.2) is 61.1 Å². The van der Waals surface area contributed by atoms with Crippen LogP contribution in [0.25, 0.3) is 11.7 Å². The Morgan fingerprint density at radius 3 is 2.53 bits per heavy atom. The highest BCUT2D eigenvalue weighted by Gasteiger charge is 2.36. The number of likely N-dealkylation sites (tertiary alicyclic amines) is 1. The summed E-state index contributed by atoms with van der Waals surface area (Å²) in [5.41, 5.74) is -0.0828. The molecule has 0 radical (unpaired) electrons. The van der Waals surface area contributed by atoms with Crippen LogP contribution in [0.2, 0.25) is 0 Å². The lowest BCUT2D eigenvalue weighted by Crippen LogP contribution is -2.43. The minimum atomic E-state index is -2.76. The Hall–Kier alpha value is -3.24. The fourth-order valence-corrected chi connectivity index (χ4v) is 4.11. The first kappa shape index (κ1) is 23.9. The molecular formula is C23H29F2N5O4. The highest BCUT2D eigenvalue weighted by atomic mass is 19.3. The lowest BCUT2D eigenvalue weighted by molar-refractivity contribution is -0.133. The summed E-state index contributed by atoms with van der Waals surface area (Å²) in [5, 5.41) is 17.7. The number of alkyl halides is 2. The number of halogens is 2. The molecule has 2 amide bonds. The topological polar surface area (TPSA) is 109 Å². The summed E-state index contributed by atoms with van der Waals surface area (Å²) in [6.45, 7) is 5.57. The van der Waals surface area contributed by atoms with Crippen LogP contribution in [0.1, 0.15) is 62.4 Å². The van der Waals surface area contributed by atoms with Crippen molar-refractivity contribution < 1.29 is 23.5 Å². The van der Waals surface area contributed by atoms with Crippen LogP contribution in [0.3, 0.4) is 0 Å². The van der Waals surface area contributed by atoms with Crippen LogP contribution in [-0.2, 0) is 11.3 Å². The largest absolute Gasteiger partial charge is 0.492 e. The smallest absolute Gasteiger partial charge is 0.270 e. The third-order valence-corrected chi connectivity index (χ3v) is 6.09. The number of hydrogen-bond acceptors (Lipinski definition) is 5. The van der Waals surface area contributed by atoms with Gasteiger partial charge in [0.2, 0.25) is 11.8 Å². The van der Waals surface area contributed by atoms with Gasteiger partial charge in [0.05, 0.1) is 6.20 Å². The maximum absolute atomic E-state index is 13.5. The average molecular weight is 478 g/mol. The van der Waals surface area contributed by atoms with E-state index in [0.29, 0.717) is 11.1 Å².